The van der Waals surface area contributed by atoms with Gasteiger partial charge in [-0.25, -0.2) is 0 Å². The van der Waals surface area contributed by atoms with Crippen molar-refractivity contribution in [3.63, 3.8) is 0 Å². The van der Waals surface area contributed by atoms with Crippen molar-refractivity contribution >= 4 is 5.91 Å². The first kappa shape index (κ1) is 20.4. The van der Waals surface area contributed by atoms with Gasteiger partial charge in [-0.2, -0.15) is 0 Å². The summed E-state index contributed by atoms with van der Waals surface area (Å²) in [6.45, 7) is 7.79. The average Bonchev–Trinajstić information content (AvgIpc) is 2.73. The molecular formula is C24H32N2O2. The van der Waals surface area contributed by atoms with Gasteiger partial charge in [-0.1, -0.05) is 55.8 Å². The van der Waals surface area contributed by atoms with Crippen LogP contribution in [-0.4, -0.2) is 30.0 Å². The Bertz CT molecular complexity index is 769. The number of hydrogen-bond acceptors (Lipinski definition) is 3. The second-order valence-electron chi connectivity index (χ2n) is 7.60. The molecule has 150 valence electrons. The van der Waals surface area contributed by atoms with E-state index in [2.05, 4.69) is 41.4 Å². The normalized spacial score (nSPS) is 15.8. The minimum absolute atomic E-state index is 0.0904. The predicted molar refractivity (Wildman–Crippen MR) is 113 cm³/mol. The first-order chi connectivity index (χ1) is 13.7. The van der Waals surface area contributed by atoms with Crippen LogP contribution in [0.15, 0.2) is 48.5 Å². The monoisotopic (exact) mass is 380 g/mol. The van der Waals surface area contributed by atoms with Crippen molar-refractivity contribution in [2.75, 3.05) is 13.1 Å². The summed E-state index contributed by atoms with van der Waals surface area (Å²) in [5.41, 5.74) is 3.56. The lowest BCUT2D eigenvalue weighted by Gasteiger charge is -2.26. The minimum atomic E-state index is -0.524. The molecule has 1 heterocycles. The van der Waals surface area contributed by atoms with Gasteiger partial charge < -0.3 is 10.1 Å². The summed E-state index contributed by atoms with van der Waals surface area (Å²) < 4.78 is 5.89. The number of ether oxygens (including phenoxy) is 1. The zero-order chi connectivity index (χ0) is 19.8. The third kappa shape index (κ3) is 5.83. The molecule has 0 radical (unpaired) electrons. The molecule has 2 aromatic rings. The van der Waals surface area contributed by atoms with Crippen molar-refractivity contribution in [3.05, 3.63) is 65.2 Å². The smallest absolute Gasteiger partial charge is 0.261 e. The third-order valence-electron chi connectivity index (χ3n) is 5.34. The van der Waals surface area contributed by atoms with E-state index in [9.17, 15) is 4.79 Å². The molecule has 0 saturated carbocycles. The van der Waals surface area contributed by atoms with Gasteiger partial charge in [0.15, 0.2) is 6.10 Å². The highest BCUT2D eigenvalue weighted by atomic mass is 16.5. The number of carbonyl (C=O) groups is 1. The highest BCUT2D eigenvalue weighted by Crippen LogP contribution is 2.20. The highest BCUT2D eigenvalue weighted by Gasteiger charge is 2.16. The molecule has 1 amide bonds. The predicted octanol–water partition coefficient (Wildman–Crippen LogP) is 4.32. The number of nitrogens with one attached hydrogen (secondary N) is 1. The van der Waals surface area contributed by atoms with E-state index in [1.165, 1.54) is 37.9 Å². The largest absolute Gasteiger partial charge is 0.481 e. The van der Waals surface area contributed by atoms with Crippen LogP contribution >= 0.6 is 0 Å². The molecule has 1 aliphatic heterocycles. The first-order valence-electron chi connectivity index (χ1n) is 10.5. The Kier molecular flexibility index (Phi) is 7.49. The number of rotatable bonds is 8. The summed E-state index contributed by atoms with van der Waals surface area (Å²) in [4.78, 5) is 15.0. The topological polar surface area (TPSA) is 41.6 Å². The van der Waals surface area contributed by atoms with Gasteiger partial charge in [-0.15, -0.1) is 0 Å². The molecule has 0 spiro atoms. The number of nitrogens with zero attached hydrogens (tertiary/aromatic N) is 1. The van der Waals surface area contributed by atoms with E-state index in [0.717, 1.165) is 29.8 Å². The van der Waals surface area contributed by atoms with Crippen LogP contribution in [-0.2, 0) is 24.3 Å². The summed E-state index contributed by atoms with van der Waals surface area (Å²) in [6, 6.07) is 16.4. The second kappa shape index (κ2) is 10.3. The molecule has 1 fully saturated rings. The lowest BCUT2D eigenvalue weighted by Crippen LogP contribution is -2.36. The molecule has 0 aromatic heterocycles. The zero-order valence-electron chi connectivity index (χ0n) is 17.1. The number of carbonyl (C=O) groups excluding carboxylic acids is 1. The van der Waals surface area contributed by atoms with Crippen molar-refractivity contribution in [1.82, 2.24) is 10.2 Å². The maximum atomic E-state index is 12.5. The highest BCUT2D eigenvalue weighted by molar-refractivity contribution is 5.80. The molecule has 4 nitrogen and oxygen atoms in total. The SMILES string of the molecule is CCc1ccccc1O[C@@H](C)C(=O)NCc1cccc(CN2CCCCC2)c1. The number of likely N-dealkylation sites (tertiary alicyclic amines) is 1. The van der Waals surface area contributed by atoms with E-state index in [-0.39, 0.29) is 5.91 Å². The van der Waals surface area contributed by atoms with Crippen molar-refractivity contribution in [2.45, 2.75) is 58.7 Å². The minimum Gasteiger partial charge on any atom is -0.481 e. The van der Waals surface area contributed by atoms with Crippen LogP contribution in [0.25, 0.3) is 0 Å². The van der Waals surface area contributed by atoms with Crippen molar-refractivity contribution < 1.29 is 9.53 Å². The quantitative estimate of drug-likeness (QED) is 0.742. The molecule has 28 heavy (non-hydrogen) atoms. The Hall–Kier alpha value is -2.33. The molecular weight excluding hydrogens is 348 g/mol. The van der Waals surface area contributed by atoms with Gasteiger partial charge >= 0.3 is 0 Å². The lowest BCUT2D eigenvalue weighted by atomic mass is 10.1. The lowest BCUT2D eigenvalue weighted by molar-refractivity contribution is -0.127. The Balaban J connectivity index is 1.51. The van der Waals surface area contributed by atoms with Crippen molar-refractivity contribution in [3.8, 4) is 5.75 Å². The summed E-state index contributed by atoms with van der Waals surface area (Å²) >= 11 is 0. The van der Waals surface area contributed by atoms with Gasteiger partial charge in [0.2, 0.25) is 0 Å². The number of hydrogen-bond donors (Lipinski definition) is 1. The van der Waals surface area contributed by atoms with E-state index in [4.69, 9.17) is 4.74 Å². The van der Waals surface area contributed by atoms with Crippen LogP contribution in [0.5, 0.6) is 5.75 Å². The van der Waals surface area contributed by atoms with Crippen molar-refractivity contribution in [2.24, 2.45) is 0 Å². The molecule has 3 rings (SSSR count). The Morgan fingerprint density at radius 3 is 2.61 bits per heavy atom. The molecule has 0 bridgehead atoms. The van der Waals surface area contributed by atoms with E-state index < -0.39 is 6.10 Å². The van der Waals surface area contributed by atoms with Crippen LogP contribution < -0.4 is 10.1 Å². The average molecular weight is 381 g/mol. The van der Waals surface area contributed by atoms with E-state index in [0.29, 0.717) is 6.54 Å². The maximum Gasteiger partial charge on any atom is 0.261 e. The molecule has 4 heteroatoms. The Morgan fingerprint density at radius 2 is 1.82 bits per heavy atom. The molecule has 1 saturated heterocycles. The van der Waals surface area contributed by atoms with E-state index in [1.807, 2.05) is 24.3 Å². The molecule has 1 N–H and O–H groups in total. The van der Waals surface area contributed by atoms with Crippen LogP contribution in [0.2, 0.25) is 0 Å². The number of aryl methyl sites for hydroxylation is 1. The van der Waals surface area contributed by atoms with Crippen LogP contribution in [0, 0.1) is 0 Å². The van der Waals surface area contributed by atoms with Gasteiger partial charge in [0, 0.05) is 13.1 Å². The summed E-state index contributed by atoms with van der Waals surface area (Å²) in [7, 11) is 0. The zero-order valence-corrected chi connectivity index (χ0v) is 17.1. The molecule has 0 unspecified atom stereocenters. The number of piperidine rings is 1. The molecule has 1 aliphatic rings. The molecule has 2 aromatic carbocycles. The number of benzene rings is 2. The fourth-order valence-corrected chi connectivity index (χ4v) is 3.70. The molecule has 1 atom stereocenters. The Morgan fingerprint density at radius 1 is 1.07 bits per heavy atom. The van der Waals surface area contributed by atoms with Gasteiger partial charge in [0.25, 0.3) is 5.91 Å². The summed E-state index contributed by atoms with van der Waals surface area (Å²) in [5, 5.41) is 3.01. The first-order valence-corrected chi connectivity index (χ1v) is 10.5. The number of amides is 1. The van der Waals surface area contributed by atoms with Crippen LogP contribution in [0.4, 0.5) is 0 Å². The molecule has 0 aliphatic carbocycles. The standard InChI is InChI=1S/C24H32N2O2/c1-3-22-12-5-6-13-23(22)28-19(2)24(27)25-17-20-10-9-11-21(16-20)18-26-14-7-4-8-15-26/h5-6,9-13,16,19H,3-4,7-8,14-15,17-18H2,1-2H3,(H,25,27)/t19-/m0/s1. The third-order valence-corrected chi connectivity index (χ3v) is 5.34. The van der Waals surface area contributed by atoms with Gasteiger partial charge in [-0.05, 0) is 62.0 Å². The van der Waals surface area contributed by atoms with Gasteiger partial charge in [0.1, 0.15) is 5.75 Å². The fraction of sp³-hybridized carbons (Fsp3) is 0.458. The number of para-hydroxylation sites is 1. The fourth-order valence-electron chi connectivity index (χ4n) is 3.70. The summed E-state index contributed by atoms with van der Waals surface area (Å²) in [6.07, 6.45) is 4.31. The summed E-state index contributed by atoms with van der Waals surface area (Å²) in [5.74, 6) is 0.698. The maximum absolute atomic E-state index is 12.5. The second-order valence-corrected chi connectivity index (χ2v) is 7.60. The van der Waals surface area contributed by atoms with Crippen LogP contribution in [0.1, 0.15) is 49.8 Å². The van der Waals surface area contributed by atoms with Gasteiger partial charge in [0.05, 0.1) is 0 Å². The van der Waals surface area contributed by atoms with Crippen LogP contribution in [0.3, 0.4) is 0 Å². The van der Waals surface area contributed by atoms with E-state index >= 15 is 0 Å². The van der Waals surface area contributed by atoms with E-state index in [1.54, 1.807) is 6.92 Å². The van der Waals surface area contributed by atoms with Gasteiger partial charge in [-0.3, -0.25) is 9.69 Å². The van der Waals surface area contributed by atoms with Crippen molar-refractivity contribution in [1.29, 1.82) is 0 Å². The Labute approximate surface area is 168 Å².